The van der Waals surface area contributed by atoms with Crippen LogP contribution in [-0.2, 0) is 6.54 Å². The molecule has 24 heavy (non-hydrogen) atoms. The van der Waals surface area contributed by atoms with Gasteiger partial charge in [-0.15, -0.1) is 11.3 Å². The highest BCUT2D eigenvalue weighted by Gasteiger charge is 2.33. The maximum absolute atomic E-state index is 13.1. The van der Waals surface area contributed by atoms with Crippen LogP contribution < -0.4 is 9.47 Å². The fourth-order valence-corrected chi connectivity index (χ4v) is 3.88. The van der Waals surface area contributed by atoms with Crippen molar-refractivity contribution in [3.63, 3.8) is 0 Å². The average molecular weight is 410 g/mol. The third-order valence-corrected chi connectivity index (χ3v) is 5.37. The molecular formula is C18H20BrNO3S. The Morgan fingerprint density at radius 1 is 1.42 bits per heavy atom. The van der Waals surface area contributed by atoms with Crippen LogP contribution in [0.4, 0.5) is 0 Å². The van der Waals surface area contributed by atoms with Gasteiger partial charge in [-0.1, -0.05) is 6.07 Å². The highest BCUT2D eigenvalue weighted by Crippen LogP contribution is 2.38. The molecule has 2 aromatic rings. The minimum Gasteiger partial charge on any atom is -0.493 e. The molecule has 1 aromatic carbocycles. The lowest BCUT2D eigenvalue weighted by Crippen LogP contribution is -2.32. The number of methoxy groups -OCH3 is 1. The van der Waals surface area contributed by atoms with Crippen molar-refractivity contribution in [3.05, 3.63) is 44.6 Å². The van der Waals surface area contributed by atoms with Crippen molar-refractivity contribution in [1.29, 1.82) is 0 Å². The lowest BCUT2D eigenvalue weighted by Gasteiger charge is -2.23. The largest absolute Gasteiger partial charge is 0.493 e. The molecule has 6 heteroatoms. The van der Waals surface area contributed by atoms with Crippen LogP contribution in [0.3, 0.4) is 0 Å². The first kappa shape index (κ1) is 17.3. The van der Waals surface area contributed by atoms with Crippen molar-refractivity contribution in [1.82, 2.24) is 4.90 Å². The second kappa shape index (κ2) is 7.57. The van der Waals surface area contributed by atoms with Crippen LogP contribution in [0.1, 0.15) is 35.0 Å². The van der Waals surface area contributed by atoms with Crippen molar-refractivity contribution in [2.24, 2.45) is 0 Å². The number of amides is 1. The Morgan fingerprint density at radius 3 is 2.79 bits per heavy atom. The molecule has 1 aliphatic carbocycles. The van der Waals surface area contributed by atoms with Gasteiger partial charge in [0, 0.05) is 16.5 Å². The molecule has 0 N–H and O–H groups in total. The van der Waals surface area contributed by atoms with Crippen molar-refractivity contribution in [2.75, 3.05) is 13.7 Å². The zero-order valence-electron chi connectivity index (χ0n) is 13.8. The second-order valence-electron chi connectivity index (χ2n) is 5.67. The molecule has 0 bridgehead atoms. The lowest BCUT2D eigenvalue weighted by atomic mass is 10.1. The predicted molar refractivity (Wildman–Crippen MR) is 99.1 cm³/mol. The number of carbonyl (C=O) groups excluding carboxylic acids is 1. The molecule has 3 rings (SSSR count). The quantitative estimate of drug-likeness (QED) is 0.663. The van der Waals surface area contributed by atoms with Crippen molar-refractivity contribution in [2.45, 2.75) is 32.4 Å². The SMILES string of the molecule is CCOc1c(Br)cc(C(=O)N(Cc2cccs2)C2CC2)cc1OC. The molecule has 0 aliphatic heterocycles. The average Bonchev–Trinajstić information content (AvgIpc) is 3.29. The topological polar surface area (TPSA) is 38.8 Å². The van der Waals surface area contributed by atoms with E-state index in [2.05, 4.69) is 22.0 Å². The third kappa shape index (κ3) is 3.75. The number of halogens is 1. The highest BCUT2D eigenvalue weighted by atomic mass is 79.9. The Morgan fingerprint density at radius 2 is 2.21 bits per heavy atom. The molecule has 1 saturated carbocycles. The van der Waals surface area contributed by atoms with E-state index < -0.39 is 0 Å². The van der Waals surface area contributed by atoms with E-state index in [-0.39, 0.29) is 5.91 Å². The van der Waals surface area contributed by atoms with Crippen LogP contribution in [0.25, 0.3) is 0 Å². The zero-order valence-corrected chi connectivity index (χ0v) is 16.2. The number of rotatable bonds is 7. The Labute approximate surface area is 154 Å². The number of thiophene rings is 1. The fourth-order valence-electron chi connectivity index (χ4n) is 2.62. The van der Waals surface area contributed by atoms with Gasteiger partial charge < -0.3 is 14.4 Å². The van der Waals surface area contributed by atoms with Crippen LogP contribution in [-0.4, -0.2) is 30.6 Å². The Balaban J connectivity index is 1.88. The molecule has 0 radical (unpaired) electrons. The Hall–Kier alpha value is -1.53. The van der Waals surface area contributed by atoms with E-state index in [1.807, 2.05) is 29.3 Å². The summed E-state index contributed by atoms with van der Waals surface area (Å²) < 4.78 is 11.7. The van der Waals surface area contributed by atoms with E-state index in [9.17, 15) is 4.79 Å². The number of benzene rings is 1. The number of nitrogens with zero attached hydrogens (tertiary/aromatic N) is 1. The summed E-state index contributed by atoms with van der Waals surface area (Å²) in [5, 5.41) is 2.04. The number of ether oxygens (including phenoxy) is 2. The summed E-state index contributed by atoms with van der Waals surface area (Å²) >= 11 is 5.18. The highest BCUT2D eigenvalue weighted by molar-refractivity contribution is 9.10. The van der Waals surface area contributed by atoms with Gasteiger partial charge in [0.25, 0.3) is 5.91 Å². The van der Waals surface area contributed by atoms with Crippen LogP contribution in [0.15, 0.2) is 34.1 Å². The molecule has 0 atom stereocenters. The summed E-state index contributed by atoms with van der Waals surface area (Å²) in [6.07, 6.45) is 2.15. The number of carbonyl (C=O) groups is 1. The fraction of sp³-hybridized carbons (Fsp3) is 0.389. The first-order chi connectivity index (χ1) is 11.6. The molecule has 128 valence electrons. The minimum atomic E-state index is 0.0351. The standard InChI is InChI=1S/C18H20BrNO3S/c1-3-23-17-15(19)9-12(10-16(17)22-2)18(21)20(13-6-7-13)11-14-5-4-8-24-14/h4-5,8-10,13H,3,6-7,11H2,1-2H3. The van der Waals surface area contributed by atoms with Gasteiger partial charge in [-0.25, -0.2) is 0 Å². The summed E-state index contributed by atoms with van der Waals surface area (Å²) in [5.74, 6) is 1.24. The molecule has 0 saturated heterocycles. The monoisotopic (exact) mass is 409 g/mol. The van der Waals surface area contributed by atoms with Crippen LogP contribution >= 0.6 is 27.3 Å². The lowest BCUT2D eigenvalue weighted by molar-refractivity contribution is 0.0731. The van der Waals surface area contributed by atoms with E-state index in [0.717, 1.165) is 17.3 Å². The maximum atomic E-state index is 13.1. The Bertz CT molecular complexity index is 713. The third-order valence-electron chi connectivity index (χ3n) is 3.92. The first-order valence-corrected chi connectivity index (χ1v) is 9.65. The summed E-state index contributed by atoms with van der Waals surface area (Å²) in [6, 6.07) is 8.02. The molecule has 4 nitrogen and oxygen atoms in total. The van der Waals surface area contributed by atoms with Gasteiger partial charge in [0.15, 0.2) is 11.5 Å². The maximum Gasteiger partial charge on any atom is 0.254 e. The second-order valence-corrected chi connectivity index (χ2v) is 7.55. The predicted octanol–water partition coefficient (Wildman–Crippen LogP) is 4.72. The summed E-state index contributed by atoms with van der Waals surface area (Å²) in [6.45, 7) is 3.12. The van der Waals surface area contributed by atoms with E-state index in [1.165, 1.54) is 4.88 Å². The van der Waals surface area contributed by atoms with E-state index in [0.29, 0.717) is 36.3 Å². The van der Waals surface area contributed by atoms with Gasteiger partial charge in [0.1, 0.15) is 0 Å². The van der Waals surface area contributed by atoms with Crippen LogP contribution in [0.2, 0.25) is 0 Å². The van der Waals surface area contributed by atoms with E-state index >= 15 is 0 Å². The summed E-state index contributed by atoms with van der Waals surface area (Å²) in [4.78, 5) is 16.2. The van der Waals surface area contributed by atoms with Gasteiger partial charge in [-0.3, -0.25) is 4.79 Å². The van der Waals surface area contributed by atoms with Crippen LogP contribution in [0.5, 0.6) is 11.5 Å². The zero-order chi connectivity index (χ0) is 17.1. The smallest absolute Gasteiger partial charge is 0.254 e. The van der Waals surface area contributed by atoms with Crippen molar-refractivity contribution >= 4 is 33.2 Å². The molecule has 0 spiro atoms. The molecule has 1 fully saturated rings. The number of hydrogen-bond donors (Lipinski definition) is 0. The van der Waals surface area contributed by atoms with Crippen molar-refractivity contribution < 1.29 is 14.3 Å². The molecule has 1 aliphatic rings. The van der Waals surface area contributed by atoms with Gasteiger partial charge in [-0.2, -0.15) is 0 Å². The molecule has 1 heterocycles. The Kier molecular flexibility index (Phi) is 5.46. The summed E-state index contributed by atoms with van der Waals surface area (Å²) in [5.41, 5.74) is 0.616. The minimum absolute atomic E-state index is 0.0351. The van der Waals surface area contributed by atoms with Crippen molar-refractivity contribution in [3.8, 4) is 11.5 Å². The van der Waals surface area contributed by atoms with Gasteiger partial charge >= 0.3 is 0 Å². The van der Waals surface area contributed by atoms with Crippen LogP contribution in [0, 0.1) is 0 Å². The normalized spacial score (nSPS) is 13.6. The van der Waals surface area contributed by atoms with Gasteiger partial charge in [-0.05, 0) is 59.3 Å². The molecular weight excluding hydrogens is 390 g/mol. The number of hydrogen-bond acceptors (Lipinski definition) is 4. The van der Waals surface area contributed by atoms with E-state index in [4.69, 9.17) is 9.47 Å². The molecule has 0 unspecified atom stereocenters. The first-order valence-electron chi connectivity index (χ1n) is 7.97. The molecule has 1 amide bonds. The van der Waals surface area contributed by atoms with E-state index in [1.54, 1.807) is 24.5 Å². The van der Waals surface area contributed by atoms with Gasteiger partial charge in [0.2, 0.25) is 0 Å². The molecule has 1 aromatic heterocycles. The summed E-state index contributed by atoms with van der Waals surface area (Å²) in [7, 11) is 1.59. The van der Waals surface area contributed by atoms with Gasteiger partial charge in [0.05, 0.1) is 24.7 Å².